The normalized spacial score (nSPS) is 8.38. The Hall–Kier alpha value is -1.82. The van der Waals surface area contributed by atoms with E-state index in [4.69, 9.17) is 0 Å². The third kappa shape index (κ3) is 3.39. The Morgan fingerprint density at radius 2 is 2.54 bits per heavy atom. The van der Waals surface area contributed by atoms with Crippen LogP contribution in [-0.2, 0) is 9.53 Å². The average Bonchev–Trinajstić information content (AvgIpc) is 2.19. The molecular formula is C10H9NO2. The highest BCUT2D eigenvalue weighted by Crippen LogP contribution is 1.92. The number of hydrogen-bond acceptors (Lipinski definition) is 3. The maximum atomic E-state index is 10.7. The molecular weight excluding hydrogens is 166 g/mol. The molecule has 1 aromatic rings. The summed E-state index contributed by atoms with van der Waals surface area (Å²) in [6.45, 7) is 0. The summed E-state index contributed by atoms with van der Waals surface area (Å²) in [5.74, 6) is 5.16. The second-order valence-electron chi connectivity index (χ2n) is 2.30. The van der Waals surface area contributed by atoms with Crippen molar-refractivity contribution < 1.29 is 9.53 Å². The summed E-state index contributed by atoms with van der Waals surface area (Å²) in [4.78, 5) is 14.5. The van der Waals surface area contributed by atoms with Gasteiger partial charge in [-0.1, -0.05) is 11.8 Å². The van der Waals surface area contributed by atoms with Crippen LogP contribution in [0.4, 0.5) is 0 Å². The molecule has 1 aromatic heterocycles. The zero-order chi connectivity index (χ0) is 9.52. The van der Waals surface area contributed by atoms with Crippen molar-refractivity contribution in [2.75, 3.05) is 7.11 Å². The Balaban J connectivity index is 2.54. The SMILES string of the molecule is COC(=O)CC#Cc1cccnc1. The van der Waals surface area contributed by atoms with E-state index < -0.39 is 0 Å². The lowest BCUT2D eigenvalue weighted by Gasteiger charge is -1.89. The number of nitrogens with zero attached hydrogens (tertiary/aromatic N) is 1. The summed E-state index contributed by atoms with van der Waals surface area (Å²) in [6.07, 6.45) is 3.43. The monoisotopic (exact) mass is 175 g/mol. The van der Waals surface area contributed by atoms with Crippen molar-refractivity contribution in [3.63, 3.8) is 0 Å². The quantitative estimate of drug-likeness (QED) is 0.472. The van der Waals surface area contributed by atoms with Gasteiger partial charge >= 0.3 is 5.97 Å². The number of pyridine rings is 1. The smallest absolute Gasteiger partial charge is 0.317 e. The molecule has 0 N–H and O–H groups in total. The van der Waals surface area contributed by atoms with Crippen LogP contribution in [0.1, 0.15) is 12.0 Å². The van der Waals surface area contributed by atoms with E-state index in [1.165, 1.54) is 7.11 Å². The van der Waals surface area contributed by atoms with Gasteiger partial charge in [-0.15, -0.1) is 0 Å². The molecule has 0 saturated heterocycles. The molecule has 0 atom stereocenters. The number of aromatic nitrogens is 1. The molecule has 0 bridgehead atoms. The summed E-state index contributed by atoms with van der Waals surface area (Å²) in [7, 11) is 1.34. The molecule has 1 heterocycles. The van der Waals surface area contributed by atoms with Crippen molar-refractivity contribution in [3.8, 4) is 11.8 Å². The van der Waals surface area contributed by atoms with Gasteiger partial charge in [0.1, 0.15) is 6.42 Å². The highest BCUT2D eigenvalue weighted by Gasteiger charge is 1.93. The molecule has 0 fully saturated rings. The van der Waals surface area contributed by atoms with E-state index >= 15 is 0 Å². The standard InChI is InChI=1S/C10H9NO2/c1-13-10(12)6-2-4-9-5-3-7-11-8-9/h3,5,7-8H,6H2,1H3. The van der Waals surface area contributed by atoms with Crippen molar-refractivity contribution in [3.05, 3.63) is 30.1 Å². The van der Waals surface area contributed by atoms with Crippen LogP contribution in [0.3, 0.4) is 0 Å². The molecule has 0 amide bonds. The first-order valence-electron chi connectivity index (χ1n) is 3.78. The van der Waals surface area contributed by atoms with E-state index in [0.29, 0.717) is 0 Å². The van der Waals surface area contributed by atoms with Crippen molar-refractivity contribution in [1.29, 1.82) is 0 Å². The van der Waals surface area contributed by atoms with E-state index in [1.54, 1.807) is 18.5 Å². The zero-order valence-electron chi connectivity index (χ0n) is 7.28. The molecule has 66 valence electrons. The van der Waals surface area contributed by atoms with Crippen LogP contribution in [0.2, 0.25) is 0 Å². The van der Waals surface area contributed by atoms with Crippen LogP contribution in [0.15, 0.2) is 24.5 Å². The number of carbonyl (C=O) groups is 1. The van der Waals surface area contributed by atoms with E-state index in [0.717, 1.165) is 5.56 Å². The van der Waals surface area contributed by atoms with Crippen molar-refractivity contribution in [1.82, 2.24) is 4.98 Å². The molecule has 3 nitrogen and oxygen atoms in total. The van der Waals surface area contributed by atoms with Gasteiger partial charge in [-0.3, -0.25) is 9.78 Å². The van der Waals surface area contributed by atoms with Crippen LogP contribution in [-0.4, -0.2) is 18.1 Å². The Kier molecular flexibility index (Phi) is 3.52. The Bertz CT molecular complexity index is 335. The number of esters is 1. The van der Waals surface area contributed by atoms with E-state index in [9.17, 15) is 4.79 Å². The maximum Gasteiger partial charge on any atom is 0.317 e. The Morgan fingerprint density at radius 3 is 3.15 bits per heavy atom. The molecule has 0 aliphatic heterocycles. The largest absolute Gasteiger partial charge is 0.468 e. The molecule has 0 saturated carbocycles. The molecule has 0 aromatic carbocycles. The minimum absolute atomic E-state index is 0.116. The van der Waals surface area contributed by atoms with Gasteiger partial charge in [0.2, 0.25) is 0 Å². The highest BCUT2D eigenvalue weighted by molar-refractivity contribution is 5.72. The van der Waals surface area contributed by atoms with Gasteiger partial charge in [-0.05, 0) is 12.1 Å². The molecule has 3 heteroatoms. The summed E-state index contributed by atoms with van der Waals surface area (Å²) in [6, 6.07) is 3.62. The Labute approximate surface area is 76.8 Å². The van der Waals surface area contributed by atoms with E-state index in [-0.39, 0.29) is 12.4 Å². The molecule has 0 radical (unpaired) electrons. The van der Waals surface area contributed by atoms with Crippen molar-refractivity contribution >= 4 is 5.97 Å². The third-order valence-electron chi connectivity index (χ3n) is 1.35. The first-order chi connectivity index (χ1) is 6.33. The minimum Gasteiger partial charge on any atom is -0.468 e. The lowest BCUT2D eigenvalue weighted by atomic mass is 10.3. The number of carbonyl (C=O) groups excluding carboxylic acids is 1. The van der Waals surface area contributed by atoms with Gasteiger partial charge in [0.25, 0.3) is 0 Å². The van der Waals surface area contributed by atoms with Crippen molar-refractivity contribution in [2.24, 2.45) is 0 Å². The molecule has 13 heavy (non-hydrogen) atoms. The van der Waals surface area contributed by atoms with Gasteiger partial charge in [-0.2, -0.15) is 0 Å². The molecule has 0 aliphatic rings. The first-order valence-corrected chi connectivity index (χ1v) is 3.78. The highest BCUT2D eigenvalue weighted by atomic mass is 16.5. The summed E-state index contributed by atoms with van der Waals surface area (Å²) in [5, 5.41) is 0. The van der Waals surface area contributed by atoms with Crippen LogP contribution < -0.4 is 0 Å². The predicted octanol–water partition coefficient (Wildman–Crippen LogP) is 0.996. The fourth-order valence-corrected chi connectivity index (χ4v) is 0.727. The zero-order valence-corrected chi connectivity index (χ0v) is 7.28. The summed E-state index contributed by atoms with van der Waals surface area (Å²) < 4.78 is 4.43. The molecule has 1 rings (SSSR count). The van der Waals surface area contributed by atoms with Crippen LogP contribution in [0.5, 0.6) is 0 Å². The van der Waals surface area contributed by atoms with Gasteiger partial charge in [0, 0.05) is 18.0 Å². The average molecular weight is 175 g/mol. The fraction of sp³-hybridized carbons (Fsp3) is 0.200. The minimum atomic E-state index is -0.323. The summed E-state index contributed by atoms with van der Waals surface area (Å²) in [5.41, 5.74) is 0.798. The van der Waals surface area contributed by atoms with Crippen LogP contribution >= 0.6 is 0 Å². The van der Waals surface area contributed by atoms with Gasteiger partial charge in [0.15, 0.2) is 0 Å². The fourth-order valence-electron chi connectivity index (χ4n) is 0.727. The van der Waals surface area contributed by atoms with Crippen molar-refractivity contribution in [2.45, 2.75) is 6.42 Å². The van der Waals surface area contributed by atoms with Gasteiger partial charge < -0.3 is 4.74 Å². The molecule has 0 aliphatic carbocycles. The van der Waals surface area contributed by atoms with Gasteiger partial charge in [-0.25, -0.2) is 0 Å². The lowest BCUT2D eigenvalue weighted by Crippen LogP contribution is -1.96. The maximum absolute atomic E-state index is 10.7. The van der Waals surface area contributed by atoms with E-state index in [1.807, 2.05) is 6.07 Å². The number of rotatable bonds is 1. The van der Waals surface area contributed by atoms with Crippen LogP contribution in [0, 0.1) is 11.8 Å². The second-order valence-corrected chi connectivity index (χ2v) is 2.30. The lowest BCUT2D eigenvalue weighted by molar-refractivity contribution is -0.139. The molecule has 0 spiro atoms. The second kappa shape index (κ2) is 4.94. The summed E-state index contributed by atoms with van der Waals surface area (Å²) >= 11 is 0. The third-order valence-corrected chi connectivity index (χ3v) is 1.35. The number of hydrogen-bond donors (Lipinski definition) is 0. The van der Waals surface area contributed by atoms with E-state index in [2.05, 4.69) is 21.6 Å². The number of methoxy groups -OCH3 is 1. The Morgan fingerprint density at radius 1 is 1.69 bits per heavy atom. The van der Waals surface area contributed by atoms with Gasteiger partial charge in [0.05, 0.1) is 7.11 Å². The topological polar surface area (TPSA) is 39.2 Å². The predicted molar refractivity (Wildman–Crippen MR) is 47.7 cm³/mol. The van der Waals surface area contributed by atoms with Crippen LogP contribution in [0.25, 0.3) is 0 Å². The molecule has 0 unspecified atom stereocenters. The number of ether oxygens (including phenoxy) is 1. The first kappa shape index (κ1) is 9.27.